The van der Waals surface area contributed by atoms with E-state index in [-0.39, 0.29) is 28.6 Å². The maximum absolute atomic E-state index is 12.9. The zero-order valence-electron chi connectivity index (χ0n) is 11.7. The molecule has 0 saturated carbocycles. The standard InChI is InChI=1S/C14H12F3NO3S/c1-3-21-13(19)11-7-22-12(18-11)8-4-9(14(15,16)17)6-10(5-8)20-2/h4-7H,3H2,1-2H3. The minimum atomic E-state index is -4.50. The first kappa shape index (κ1) is 16.3. The minimum absolute atomic E-state index is 0.0673. The fraction of sp³-hybridized carbons (Fsp3) is 0.286. The number of nitrogens with zero attached hydrogens (tertiary/aromatic N) is 1. The molecule has 4 nitrogen and oxygen atoms in total. The summed E-state index contributed by atoms with van der Waals surface area (Å²) in [4.78, 5) is 15.6. The van der Waals surface area contributed by atoms with Crippen molar-refractivity contribution in [2.45, 2.75) is 13.1 Å². The van der Waals surface area contributed by atoms with Crippen LogP contribution in [-0.4, -0.2) is 24.7 Å². The van der Waals surface area contributed by atoms with Crippen molar-refractivity contribution in [2.75, 3.05) is 13.7 Å². The van der Waals surface area contributed by atoms with E-state index in [1.807, 2.05) is 0 Å². The second kappa shape index (κ2) is 6.35. The second-order valence-corrected chi connectivity index (χ2v) is 5.06. The number of rotatable bonds is 4. The Morgan fingerprint density at radius 2 is 2.05 bits per heavy atom. The molecule has 0 radical (unpaired) electrons. The molecule has 22 heavy (non-hydrogen) atoms. The van der Waals surface area contributed by atoms with E-state index in [1.54, 1.807) is 6.92 Å². The number of thiazole rings is 1. The molecular weight excluding hydrogens is 319 g/mol. The zero-order chi connectivity index (χ0) is 16.3. The highest BCUT2D eigenvalue weighted by Crippen LogP contribution is 2.36. The lowest BCUT2D eigenvalue weighted by Crippen LogP contribution is -2.06. The Hall–Kier alpha value is -2.09. The lowest BCUT2D eigenvalue weighted by molar-refractivity contribution is -0.137. The molecule has 0 unspecified atom stereocenters. The number of hydrogen-bond acceptors (Lipinski definition) is 5. The SMILES string of the molecule is CCOC(=O)c1csc(-c2cc(OC)cc(C(F)(F)F)c2)n1. The van der Waals surface area contributed by atoms with Gasteiger partial charge in [-0.15, -0.1) is 11.3 Å². The maximum Gasteiger partial charge on any atom is 0.416 e. The average molecular weight is 331 g/mol. The van der Waals surface area contributed by atoms with Crippen LogP contribution in [0, 0.1) is 0 Å². The summed E-state index contributed by atoms with van der Waals surface area (Å²) in [5.41, 5.74) is -0.541. The lowest BCUT2D eigenvalue weighted by Gasteiger charge is -2.10. The van der Waals surface area contributed by atoms with Crippen LogP contribution in [0.4, 0.5) is 13.2 Å². The van der Waals surface area contributed by atoms with Crippen LogP contribution in [0.25, 0.3) is 10.6 Å². The molecule has 0 saturated heterocycles. The van der Waals surface area contributed by atoms with E-state index in [0.717, 1.165) is 23.5 Å². The molecule has 0 amide bonds. The Morgan fingerprint density at radius 1 is 1.32 bits per heavy atom. The van der Waals surface area contributed by atoms with Crippen molar-refractivity contribution in [3.63, 3.8) is 0 Å². The summed E-state index contributed by atoms with van der Waals surface area (Å²) in [6, 6.07) is 3.31. The predicted octanol–water partition coefficient (Wildman–Crippen LogP) is 4.01. The first-order chi connectivity index (χ1) is 10.3. The number of carbonyl (C=O) groups is 1. The normalized spacial score (nSPS) is 11.3. The number of benzene rings is 1. The van der Waals surface area contributed by atoms with E-state index in [9.17, 15) is 18.0 Å². The summed E-state index contributed by atoms with van der Waals surface area (Å²) < 4.78 is 48.4. The minimum Gasteiger partial charge on any atom is -0.497 e. The molecule has 1 aromatic heterocycles. The van der Waals surface area contributed by atoms with Gasteiger partial charge in [-0.1, -0.05) is 0 Å². The van der Waals surface area contributed by atoms with Gasteiger partial charge in [0.15, 0.2) is 5.69 Å². The van der Waals surface area contributed by atoms with Crippen LogP contribution in [0.2, 0.25) is 0 Å². The Balaban J connectivity index is 2.42. The van der Waals surface area contributed by atoms with Gasteiger partial charge < -0.3 is 9.47 Å². The molecule has 1 heterocycles. The third-order valence-corrected chi connectivity index (χ3v) is 3.60. The number of alkyl halides is 3. The van der Waals surface area contributed by atoms with E-state index >= 15 is 0 Å². The molecule has 0 bridgehead atoms. The van der Waals surface area contributed by atoms with Crippen molar-refractivity contribution in [1.29, 1.82) is 0 Å². The largest absolute Gasteiger partial charge is 0.497 e. The van der Waals surface area contributed by atoms with E-state index < -0.39 is 17.7 Å². The maximum atomic E-state index is 12.9. The van der Waals surface area contributed by atoms with Crippen molar-refractivity contribution in [1.82, 2.24) is 4.98 Å². The van der Waals surface area contributed by atoms with Gasteiger partial charge in [-0.05, 0) is 25.1 Å². The van der Waals surface area contributed by atoms with Gasteiger partial charge in [-0.2, -0.15) is 13.2 Å². The van der Waals surface area contributed by atoms with Crippen LogP contribution < -0.4 is 4.74 Å². The number of ether oxygens (including phenoxy) is 2. The number of aromatic nitrogens is 1. The van der Waals surface area contributed by atoms with Gasteiger partial charge in [0.1, 0.15) is 10.8 Å². The van der Waals surface area contributed by atoms with Crippen LogP contribution in [0.5, 0.6) is 5.75 Å². The average Bonchev–Trinajstić information content (AvgIpc) is 2.96. The molecule has 0 aliphatic heterocycles. The van der Waals surface area contributed by atoms with Crippen molar-refractivity contribution in [2.24, 2.45) is 0 Å². The summed E-state index contributed by atoms with van der Waals surface area (Å²) in [7, 11) is 1.28. The summed E-state index contributed by atoms with van der Waals surface area (Å²) in [6.45, 7) is 1.85. The summed E-state index contributed by atoms with van der Waals surface area (Å²) >= 11 is 1.06. The number of methoxy groups -OCH3 is 1. The molecule has 0 fully saturated rings. The Bertz CT molecular complexity index is 682. The fourth-order valence-corrected chi connectivity index (χ4v) is 2.49. The Kier molecular flexibility index (Phi) is 4.70. The highest BCUT2D eigenvalue weighted by atomic mass is 32.1. The molecule has 0 aliphatic carbocycles. The van der Waals surface area contributed by atoms with Crippen LogP contribution in [0.15, 0.2) is 23.6 Å². The van der Waals surface area contributed by atoms with Crippen molar-refractivity contribution >= 4 is 17.3 Å². The van der Waals surface area contributed by atoms with Crippen LogP contribution in [0.1, 0.15) is 23.0 Å². The van der Waals surface area contributed by atoms with Crippen molar-refractivity contribution < 1.29 is 27.4 Å². The first-order valence-electron chi connectivity index (χ1n) is 6.24. The molecule has 118 valence electrons. The topological polar surface area (TPSA) is 48.4 Å². The van der Waals surface area contributed by atoms with Crippen molar-refractivity contribution in [3.8, 4) is 16.3 Å². The molecule has 1 aromatic carbocycles. The summed E-state index contributed by atoms with van der Waals surface area (Å²) in [5.74, 6) is -0.540. The Morgan fingerprint density at radius 3 is 2.64 bits per heavy atom. The molecule has 2 rings (SSSR count). The van der Waals surface area contributed by atoms with Gasteiger partial charge in [0, 0.05) is 10.9 Å². The smallest absolute Gasteiger partial charge is 0.416 e. The van der Waals surface area contributed by atoms with Gasteiger partial charge in [0.2, 0.25) is 0 Å². The quantitative estimate of drug-likeness (QED) is 0.794. The zero-order valence-corrected chi connectivity index (χ0v) is 12.5. The number of hydrogen-bond donors (Lipinski definition) is 0. The predicted molar refractivity (Wildman–Crippen MR) is 75.1 cm³/mol. The second-order valence-electron chi connectivity index (χ2n) is 4.21. The molecular formula is C14H12F3NO3S. The number of halogens is 3. The first-order valence-corrected chi connectivity index (χ1v) is 7.12. The number of carbonyl (C=O) groups excluding carboxylic acids is 1. The highest BCUT2D eigenvalue weighted by Gasteiger charge is 2.31. The summed E-state index contributed by atoms with van der Waals surface area (Å²) in [6.07, 6.45) is -4.50. The van der Waals surface area contributed by atoms with Crippen molar-refractivity contribution in [3.05, 3.63) is 34.8 Å². The van der Waals surface area contributed by atoms with Crippen LogP contribution in [-0.2, 0) is 10.9 Å². The molecule has 8 heteroatoms. The van der Waals surface area contributed by atoms with Crippen LogP contribution >= 0.6 is 11.3 Å². The Labute approximate surface area is 128 Å². The van der Waals surface area contributed by atoms with Gasteiger partial charge in [-0.3, -0.25) is 0 Å². The van der Waals surface area contributed by atoms with E-state index in [1.165, 1.54) is 18.6 Å². The molecule has 0 spiro atoms. The summed E-state index contributed by atoms with van der Waals surface area (Å²) in [5, 5.41) is 1.73. The third kappa shape index (κ3) is 3.56. The van der Waals surface area contributed by atoms with Gasteiger partial charge in [0.05, 0.1) is 19.3 Å². The fourth-order valence-electron chi connectivity index (χ4n) is 1.71. The van der Waals surface area contributed by atoms with E-state index in [0.29, 0.717) is 0 Å². The van der Waals surface area contributed by atoms with Gasteiger partial charge in [0.25, 0.3) is 0 Å². The van der Waals surface area contributed by atoms with E-state index in [4.69, 9.17) is 9.47 Å². The molecule has 0 atom stereocenters. The number of esters is 1. The van der Waals surface area contributed by atoms with Gasteiger partial charge >= 0.3 is 12.1 Å². The highest BCUT2D eigenvalue weighted by molar-refractivity contribution is 7.13. The lowest BCUT2D eigenvalue weighted by atomic mass is 10.1. The third-order valence-electron chi connectivity index (χ3n) is 2.71. The van der Waals surface area contributed by atoms with Gasteiger partial charge in [-0.25, -0.2) is 9.78 Å². The van der Waals surface area contributed by atoms with Crippen LogP contribution in [0.3, 0.4) is 0 Å². The monoisotopic (exact) mass is 331 g/mol. The molecule has 2 aromatic rings. The van der Waals surface area contributed by atoms with E-state index in [2.05, 4.69) is 4.98 Å². The molecule has 0 N–H and O–H groups in total. The molecule has 0 aliphatic rings.